The molecule has 0 atom stereocenters. The van der Waals surface area contributed by atoms with Crippen LogP contribution in [0.25, 0.3) is 10.9 Å². The molecule has 0 saturated carbocycles. The molecule has 0 aliphatic carbocycles. The summed E-state index contributed by atoms with van der Waals surface area (Å²) < 4.78 is 38.6. The molecule has 9 heteroatoms. The van der Waals surface area contributed by atoms with E-state index in [1.54, 1.807) is 0 Å². The van der Waals surface area contributed by atoms with Gasteiger partial charge in [0, 0.05) is 20.6 Å². The average molecular weight is 553 g/mol. The second-order valence-electron chi connectivity index (χ2n) is 10.4. The smallest absolute Gasteiger partial charge is 0.365 e. The predicted octanol–water partition coefficient (Wildman–Crippen LogP) is 6.80. The predicted molar refractivity (Wildman–Crippen MR) is 152 cm³/mol. The molecule has 0 unspecified atom stereocenters. The zero-order valence-electron chi connectivity index (χ0n) is 23.9. The van der Waals surface area contributed by atoms with Gasteiger partial charge >= 0.3 is 11.6 Å². The van der Waals surface area contributed by atoms with Gasteiger partial charge in [0.15, 0.2) is 0 Å². The van der Waals surface area contributed by atoms with Crippen LogP contribution in [0.15, 0.2) is 26.3 Å². The first-order valence-electron chi connectivity index (χ1n) is 14.4. The SMILES string of the molecule is CCCCCCCCCCCCCCCCCCN(C)S(=O)(=O)c1cc(C(=O)OC)c2c(c1)c(=O)on2C. The maximum absolute atomic E-state index is 13.2. The molecule has 1 aromatic carbocycles. The number of methoxy groups -OCH3 is 1. The molecule has 0 aliphatic heterocycles. The van der Waals surface area contributed by atoms with Crippen molar-refractivity contribution in [3.63, 3.8) is 0 Å². The summed E-state index contributed by atoms with van der Waals surface area (Å²) >= 11 is 0. The number of hydrogen-bond acceptors (Lipinski definition) is 6. The van der Waals surface area contributed by atoms with E-state index in [1.165, 1.54) is 121 Å². The zero-order chi connectivity index (χ0) is 28.0. The Kier molecular flexibility index (Phi) is 14.1. The van der Waals surface area contributed by atoms with Crippen molar-refractivity contribution < 1.29 is 22.5 Å². The quantitative estimate of drug-likeness (QED) is 0.132. The van der Waals surface area contributed by atoms with Gasteiger partial charge in [-0.05, 0) is 18.6 Å². The molecule has 0 amide bonds. The topological polar surface area (TPSA) is 98.8 Å². The van der Waals surface area contributed by atoms with Gasteiger partial charge < -0.3 is 9.26 Å². The molecule has 1 aromatic heterocycles. The van der Waals surface area contributed by atoms with E-state index in [0.717, 1.165) is 24.0 Å². The van der Waals surface area contributed by atoms with Crippen LogP contribution in [-0.2, 0) is 21.8 Å². The van der Waals surface area contributed by atoms with Gasteiger partial charge in [-0.3, -0.25) is 0 Å². The highest BCUT2D eigenvalue weighted by molar-refractivity contribution is 7.89. The van der Waals surface area contributed by atoms with Gasteiger partial charge in [-0.1, -0.05) is 103 Å². The fourth-order valence-electron chi connectivity index (χ4n) is 4.92. The van der Waals surface area contributed by atoms with Crippen LogP contribution in [0, 0.1) is 0 Å². The molecule has 216 valence electrons. The normalized spacial score (nSPS) is 12.0. The molecule has 38 heavy (non-hydrogen) atoms. The van der Waals surface area contributed by atoms with Crippen LogP contribution >= 0.6 is 0 Å². The van der Waals surface area contributed by atoms with Gasteiger partial charge in [0.25, 0.3) is 0 Å². The highest BCUT2D eigenvalue weighted by Crippen LogP contribution is 2.25. The summed E-state index contributed by atoms with van der Waals surface area (Å²) in [5, 5.41) is 0.0322. The van der Waals surface area contributed by atoms with Gasteiger partial charge in [0.1, 0.15) is 5.52 Å². The number of esters is 1. The van der Waals surface area contributed by atoms with Crippen molar-refractivity contribution in [1.82, 2.24) is 9.05 Å². The third-order valence-electron chi connectivity index (χ3n) is 7.28. The van der Waals surface area contributed by atoms with Crippen LogP contribution in [0.5, 0.6) is 0 Å². The Morgan fingerprint density at radius 2 is 1.34 bits per heavy atom. The maximum atomic E-state index is 13.2. The van der Waals surface area contributed by atoms with Crippen molar-refractivity contribution in [3.05, 3.63) is 28.1 Å². The van der Waals surface area contributed by atoms with Gasteiger partial charge in [-0.25, -0.2) is 27.1 Å². The maximum Gasteiger partial charge on any atom is 0.365 e. The number of carbonyl (C=O) groups is 1. The lowest BCUT2D eigenvalue weighted by molar-refractivity contribution is 0.0601. The molecule has 0 N–H and O–H groups in total. The molecule has 0 spiro atoms. The van der Waals surface area contributed by atoms with E-state index >= 15 is 0 Å². The Morgan fingerprint density at radius 1 is 0.868 bits per heavy atom. The summed E-state index contributed by atoms with van der Waals surface area (Å²) in [5.41, 5.74) is -0.515. The average Bonchev–Trinajstić information content (AvgIpc) is 3.20. The molecule has 1 heterocycles. The van der Waals surface area contributed by atoms with Gasteiger partial charge in [-0.2, -0.15) is 0 Å². The zero-order valence-corrected chi connectivity index (χ0v) is 24.7. The van der Waals surface area contributed by atoms with Gasteiger partial charge in [0.2, 0.25) is 10.0 Å². The summed E-state index contributed by atoms with van der Waals surface area (Å²) in [6.07, 6.45) is 20.2. The van der Waals surface area contributed by atoms with Gasteiger partial charge in [0.05, 0.1) is 23.0 Å². The Bertz CT molecular complexity index is 1150. The van der Waals surface area contributed by atoms with E-state index in [4.69, 9.17) is 9.26 Å². The Labute approximate surface area is 228 Å². The third-order valence-corrected chi connectivity index (χ3v) is 9.11. The number of benzene rings is 1. The molecule has 2 aromatic rings. The molecule has 2 rings (SSSR count). The van der Waals surface area contributed by atoms with Crippen LogP contribution in [0.2, 0.25) is 0 Å². The molecule has 8 nitrogen and oxygen atoms in total. The van der Waals surface area contributed by atoms with Gasteiger partial charge in [-0.15, -0.1) is 0 Å². The second kappa shape index (κ2) is 16.7. The molecule has 0 fully saturated rings. The number of aromatic nitrogens is 1. The first kappa shape index (κ1) is 32.1. The van der Waals surface area contributed by atoms with Crippen LogP contribution in [0.3, 0.4) is 0 Å². The number of nitrogens with zero attached hydrogens (tertiary/aromatic N) is 2. The molecular weight excluding hydrogens is 504 g/mol. The first-order chi connectivity index (χ1) is 18.2. The van der Waals surface area contributed by atoms with E-state index in [2.05, 4.69) is 6.92 Å². The standard InChI is InChI=1S/C29H48N2O6S/c1-5-6-7-8-9-10-11-12-13-14-15-16-17-18-19-20-21-30(2)38(34,35)24-22-25(28(32)36-4)27-26(23-24)29(33)37-31(27)3/h22-23H,5-21H2,1-4H3. The van der Waals surface area contributed by atoms with Crippen molar-refractivity contribution in [3.8, 4) is 0 Å². The third kappa shape index (κ3) is 9.56. The van der Waals surface area contributed by atoms with Crippen LogP contribution in [0.1, 0.15) is 120 Å². The minimum atomic E-state index is -3.89. The van der Waals surface area contributed by atoms with E-state index in [-0.39, 0.29) is 21.4 Å². The lowest BCUT2D eigenvalue weighted by atomic mass is 10.0. The highest BCUT2D eigenvalue weighted by atomic mass is 32.2. The number of fused-ring (bicyclic) bond motifs is 1. The summed E-state index contributed by atoms with van der Waals surface area (Å²) in [4.78, 5) is 24.4. The van der Waals surface area contributed by atoms with E-state index in [0.29, 0.717) is 6.54 Å². The van der Waals surface area contributed by atoms with Crippen LogP contribution in [-0.4, -0.2) is 44.1 Å². The van der Waals surface area contributed by atoms with E-state index in [9.17, 15) is 18.0 Å². The molecule has 0 saturated heterocycles. The minimum Gasteiger partial charge on any atom is -0.465 e. The number of aryl methyl sites for hydroxylation is 1. The number of rotatable bonds is 20. The lowest BCUT2D eigenvalue weighted by Crippen LogP contribution is -2.28. The molecule has 0 aliphatic rings. The van der Waals surface area contributed by atoms with Crippen molar-refractivity contribution in [1.29, 1.82) is 0 Å². The van der Waals surface area contributed by atoms with Crippen LogP contribution in [0.4, 0.5) is 0 Å². The first-order valence-corrected chi connectivity index (χ1v) is 15.9. The lowest BCUT2D eigenvalue weighted by Gasteiger charge is -2.18. The Morgan fingerprint density at radius 3 is 1.82 bits per heavy atom. The molecule has 0 bridgehead atoms. The summed E-state index contributed by atoms with van der Waals surface area (Å²) in [6, 6.07) is 2.52. The fraction of sp³-hybridized carbons (Fsp3) is 0.724. The Hall–Kier alpha value is -2.13. The molecule has 0 radical (unpaired) electrons. The highest BCUT2D eigenvalue weighted by Gasteiger charge is 2.26. The van der Waals surface area contributed by atoms with E-state index in [1.807, 2.05) is 0 Å². The summed E-state index contributed by atoms with van der Waals surface area (Å²) in [6.45, 7) is 2.63. The number of unbranched alkanes of at least 4 members (excludes halogenated alkanes) is 15. The number of carbonyl (C=O) groups excluding carboxylic acids is 1. The monoisotopic (exact) mass is 552 g/mol. The second-order valence-corrected chi connectivity index (χ2v) is 12.4. The fourth-order valence-corrected chi connectivity index (χ4v) is 6.18. The number of hydrogen-bond donors (Lipinski definition) is 0. The number of ether oxygens (including phenoxy) is 1. The van der Waals surface area contributed by atoms with Crippen LogP contribution < -0.4 is 5.63 Å². The largest absolute Gasteiger partial charge is 0.465 e. The Balaban J connectivity index is 1.69. The minimum absolute atomic E-state index is 0.0206. The van der Waals surface area contributed by atoms with Crippen molar-refractivity contribution in [2.45, 2.75) is 115 Å². The van der Waals surface area contributed by atoms with E-state index < -0.39 is 21.6 Å². The van der Waals surface area contributed by atoms with Crippen molar-refractivity contribution >= 4 is 26.9 Å². The molecular formula is C29H48N2O6S. The summed E-state index contributed by atoms with van der Waals surface area (Å²) in [5.74, 6) is -0.732. The number of sulfonamides is 1. The summed E-state index contributed by atoms with van der Waals surface area (Å²) in [7, 11) is 0.322. The van der Waals surface area contributed by atoms with Crippen molar-refractivity contribution in [2.24, 2.45) is 7.05 Å². The van der Waals surface area contributed by atoms with Crippen molar-refractivity contribution in [2.75, 3.05) is 20.7 Å².